The summed E-state index contributed by atoms with van der Waals surface area (Å²) in [6, 6.07) is 0.617. The van der Waals surface area contributed by atoms with Gasteiger partial charge in [0.2, 0.25) is 0 Å². The van der Waals surface area contributed by atoms with E-state index in [1.165, 1.54) is 12.8 Å². The molecule has 0 aromatic heterocycles. The monoisotopic (exact) mass is 213 g/mol. The highest BCUT2D eigenvalue weighted by atomic mass is 16.5. The summed E-state index contributed by atoms with van der Waals surface area (Å²) in [5, 5.41) is 3.49. The lowest BCUT2D eigenvalue weighted by Gasteiger charge is -2.32. The highest BCUT2D eigenvalue weighted by molar-refractivity contribution is 4.89. The van der Waals surface area contributed by atoms with Gasteiger partial charge in [-0.05, 0) is 31.7 Å². The number of fused-ring (bicyclic) bond motifs is 1. The average Bonchev–Trinajstić information content (AvgIpc) is 2.64. The van der Waals surface area contributed by atoms with E-state index < -0.39 is 0 Å². The number of ether oxygens (including phenoxy) is 2. The summed E-state index contributed by atoms with van der Waals surface area (Å²) in [5.74, 6) is 0.620. The largest absolute Gasteiger partial charge is 0.378 e. The maximum absolute atomic E-state index is 6.00. The highest BCUT2D eigenvalue weighted by Crippen LogP contribution is 2.25. The van der Waals surface area contributed by atoms with Crippen LogP contribution in [0.4, 0.5) is 0 Å². The van der Waals surface area contributed by atoms with Crippen LogP contribution in [0.5, 0.6) is 0 Å². The molecule has 0 aliphatic carbocycles. The molecular weight excluding hydrogens is 190 g/mol. The first-order chi connectivity index (χ1) is 7.25. The maximum Gasteiger partial charge on any atom is 0.0813 e. The van der Waals surface area contributed by atoms with Crippen LogP contribution in [-0.4, -0.2) is 38.0 Å². The van der Waals surface area contributed by atoms with Crippen molar-refractivity contribution in [3.8, 4) is 0 Å². The Balaban J connectivity index is 1.66. The Hall–Kier alpha value is -0.120. The number of hydrogen-bond acceptors (Lipinski definition) is 3. The molecule has 0 aromatic rings. The fraction of sp³-hybridized carbons (Fsp3) is 1.00. The molecule has 3 nitrogen and oxygen atoms in total. The summed E-state index contributed by atoms with van der Waals surface area (Å²) < 4.78 is 11.6. The molecule has 2 fully saturated rings. The second kappa shape index (κ2) is 5.28. The molecule has 2 rings (SSSR count). The maximum atomic E-state index is 6.00. The molecule has 0 unspecified atom stereocenters. The molecule has 2 heterocycles. The number of hydrogen-bond donors (Lipinski definition) is 1. The van der Waals surface area contributed by atoms with Crippen molar-refractivity contribution in [1.82, 2.24) is 5.32 Å². The van der Waals surface area contributed by atoms with Gasteiger partial charge in [0.05, 0.1) is 18.8 Å². The molecule has 0 spiro atoms. The van der Waals surface area contributed by atoms with E-state index in [0.717, 1.165) is 26.2 Å². The zero-order chi connectivity index (χ0) is 10.7. The Labute approximate surface area is 92.5 Å². The third-order valence-electron chi connectivity index (χ3n) is 3.21. The van der Waals surface area contributed by atoms with Gasteiger partial charge in [0.25, 0.3) is 0 Å². The Kier molecular flexibility index (Phi) is 4.00. The molecule has 15 heavy (non-hydrogen) atoms. The molecule has 2 aliphatic rings. The third-order valence-corrected chi connectivity index (χ3v) is 3.21. The molecule has 0 radical (unpaired) electrons. The zero-order valence-electron chi connectivity index (χ0n) is 9.87. The van der Waals surface area contributed by atoms with Crippen LogP contribution in [0.25, 0.3) is 0 Å². The number of rotatable bonds is 4. The molecule has 2 aliphatic heterocycles. The minimum Gasteiger partial charge on any atom is -0.378 e. The molecular formula is C12H23NO2. The third kappa shape index (κ3) is 3.16. The van der Waals surface area contributed by atoms with Crippen LogP contribution in [0.3, 0.4) is 0 Å². The molecule has 88 valence electrons. The van der Waals surface area contributed by atoms with Crippen molar-refractivity contribution in [1.29, 1.82) is 0 Å². The first-order valence-electron chi connectivity index (χ1n) is 6.22. The van der Waals surface area contributed by atoms with Crippen molar-refractivity contribution in [2.75, 3.05) is 19.8 Å². The van der Waals surface area contributed by atoms with Crippen LogP contribution in [0.1, 0.15) is 33.1 Å². The normalized spacial score (nSPS) is 35.8. The molecule has 0 saturated carbocycles. The van der Waals surface area contributed by atoms with Crippen LogP contribution in [0.15, 0.2) is 0 Å². The zero-order valence-corrected chi connectivity index (χ0v) is 9.87. The van der Waals surface area contributed by atoms with Crippen LogP contribution in [0, 0.1) is 5.92 Å². The molecule has 3 atom stereocenters. The summed E-state index contributed by atoms with van der Waals surface area (Å²) in [7, 11) is 0. The van der Waals surface area contributed by atoms with Gasteiger partial charge >= 0.3 is 0 Å². The van der Waals surface area contributed by atoms with Crippen molar-refractivity contribution in [3.63, 3.8) is 0 Å². The Morgan fingerprint density at radius 2 is 2.20 bits per heavy atom. The summed E-state index contributed by atoms with van der Waals surface area (Å²) in [6.45, 7) is 7.11. The van der Waals surface area contributed by atoms with E-state index in [9.17, 15) is 0 Å². The van der Waals surface area contributed by atoms with Crippen LogP contribution in [-0.2, 0) is 9.47 Å². The SMILES string of the molecule is CC(C)COC[C@H]1CC[C@H]2NCC[C@H]2O1. The van der Waals surface area contributed by atoms with E-state index in [0.29, 0.717) is 24.2 Å². The predicted octanol–water partition coefficient (Wildman–Crippen LogP) is 1.57. The van der Waals surface area contributed by atoms with Gasteiger partial charge in [0, 0.05) is 12.6 Å². The lowest BCUT2D eigenvalue weighted by Crippen LogP contribution is -2.41. The van der Waals surface area contributed by atoms with Gasteiger partial charge < -0.3 is 14.8 Å². The topological polar surface area (TPSA) is 30.5 Å². The molecule has 2 saturated heterocycles. The standard InChI is InChI=1S/C12H23NO2/c1-9(2)7-14-8-10-3-4-11-12(15-10)5-6-13-11/h9-13H,3-8H2,1-2H3/t10-,11-,12-/m1/s1. The van der Waals surface area contributed by atoms with Gasteiger partial charge in [0.15, 0.2) is 0 Å². The van der Waals surface area contributed by atoms with E-state index in [4.69, 9.17) is 9.47 Å². The van der Waals surface area contributed by atoms with E-state index in [-0.39, 0.29) is 0 Å². The van der Waals surface area contributed by atoms with Crippen LogP contribution in [0.2, 0.25) is 0 Å². The summed E-state index contributed by atoms with van der Waals surface area (Å²) in [6.07, 6.45) is 4.36. The van der Waals surface area contributed by atoms with Crippen molar-refractivity contribution >= 4 is 0 Å². The van der Waals surface area contributed by atoms with Crippen molar-refractivity contribution in [2.24, 2.45) is 5.92 Å². The second-order valence-corrected chi connectivity index (χ2v) is 5.15. The van der Waals surface area contributed by atoms with Gasteiger partial charge in [0.1, 0.15) is 0 Å². The Morgan fingerprint density at radius 1 is 1.33 bits per heavy atom. The fourth-order valence-corrected chi connectivity index (χ4v) is 2.43. The fourth-order valence-electron chi connectivity index (χ4n) is 2.43. The van der Waals surface area contributed by atoms with E-state index in [1.807, 2.05) is 0 Å². The predicted molar refractivity (Wildman–Crippen MR) is 60.0 cm³/mol. The summed E-state index contributed by atoms with van der Waals surface area (Å²) >= 11 is 0. The van der Waals surface area contributed by atoms with Gasteiger partial charge in [-0.15, -0.1) is 0 Å². The summed E-state index contributed by atoms with van der Waals surface area (Å²) in [4.78, 5) is 0. The molecule has 0 bridgehead atoms. The van der Waals surface area contributed by atoms with Crippen molar-refractivity contribution < 1.29 is 9.47 Å². The molecule has 0 aromatic carbocycles. The molecule has 1 N–H and O–H groups in total. The van der Waals surface area contributed by atoms with Crippen LogP contribution < -0.4 is 5.32 Å². The van der Waals surface area contributed by atoms with E-state index >= 15 is 0 Å². The quantitative estimate of drug-likeness (QED) is 0.769. The van der Waals surface area contributed by atoms with Crippen molar-refractivity contribution in [3.05, 3.63) is 0 Å². The Bertz CT molecular complexity index is 196. The summed E-state index contributed by atoms with van der Waals surface area (Å²) in [5.41, 5.74) is 0. The lowest BCUT2D eigenvalue weighted by atomic mass is 10.0. The van der Waals surface area contributed by atoms with Crippen LogP contribution >= 0.6 is 0 Å². The smallest absolute Gasteiger partial charge is 0.0813 e. The minimum absolute atomic E-state index is 0.338. The highest BCUT2D eigenvalue weighted by Gasteiger charge is 2.34. The van der Waals surface area contributed by atoms with E-state index in [2.05, 4.69) is 19.2 Å². The van der Waals surface area contributed by atoms with Gasteiger partial charge in [-0.2, -0.15) is 0 Å². The molecule has 0 amide bonds. The Morgan fingerprint density at radius 3 is 3.00 bits per heavy atom. The second-order valence-electron chi connectivity index (χ2n) is 5.15. The minimum atomic E-state index is 0.338. The van der Waals surface area contributed by atoms with Gasteiger partial charge in [-0.1, -0.05) is 13.8 Å². The first-order valence-corrected chi connectivity index (χ1v) is 6.22. The molecule has 3 heteroatoms. The first kappa shape index (κ1) is 11.4. The number of nitrogens with one attached hydrogen (secondary N) is 1. The lowest BCUT2D eigenvalue weighted by molar-refractivity contribution is -0.0906. The van der Waals surface area contributed by atoms with E-state index in [1.54, 1.807) is 0 Å². The average molecular weight is 213 g/mol. The van der Waals surface area contributed by atoms with Crippen molar-refractivity contribution in [2.45, 2.75) is 51.4 Å². The van der Waals surface area contributed by atoms with Gasteiger partial charge in [-0.25, -0.2) is 0 Å². The van der Waals surface area contributed by atoms with Gasteiger partial charge in [-0.3, -0.25) is 0 Å².